The number of anilines is 1. The van der Waals surface area contributed by atoms with Gasteiger partial charge in [-0.1, -0.05) is 6.07 Å². The summed E-state index contributed by atoms with van der Waals surface area (Å²) in [6.07, 6.45) is -2.40. The topological polar surface area (TPSA) is 63.9 Å². The van der Waals surface area contributed by atoms with Gasteiger partial charge in [-0.15, -0.1) is 0 Å². The highest BCUT2D eigenvalue weighted by Crippen LogP contribution is 2.26. The second-order valence-corrected chi connectivity index (χ2v) is 4.43. The van der Waals surface area contributed by atoms with Crippen LogP contribution in [0.3, 0.4) is 0 Å². The SMILES string of the molecule is C[C@H](O)c1ccc(N2CC(O)C(O)C2)c(F)c1. The Morgan fingerprint density at radius 3 is 2.35 bits per heavy atom. The van der Waals surface area contributed by atoms with E-state index in [-0.39, 0.29) is 13.1 Å². The Balaban J connectivity index is 2.23. The average Bonchev–Trinajstić information content (AvgIpc) is 2.58. The van der Waals surface area contributed by atoms with Crippen LogP contribution in [0.5, 0.6) is 0 Å². The highest BCUT2D eigenvalue weighted by atomic mass is 19.1. The molecule has 1 aliphatic heterocycles. The third kappa shape index (κ3) is 2.41. The molecule has 0 aromatic heterocycles. The molecule has 1 aromatic carbocycles. The number of aliphatic hydroxyl groups is 3. The van der Waals surface area contributed by atoms with Gasteiger partial charge in [0.1, 0.15) is 5.82 Å². The summed E-state index contributed by atoms with van der Waals surface area (Å²) < 4.78 is 13.8. The van der Waals surface area contributed by atoms with Crippen molar-refractivity contribution in [2.24, 2.45) is 0 Å². The molecule has 3 N–H and O–H groups in total. The van der Waals surface area contributed by atoms with Crippen molar-refractivity contribution < 1.29 is 19.7 Å². The van der Waals surface area contributed by atoms with Crippen molar-refractivity contribution in [1.29, 1.82) is 0 Å². The van der Waals surface area contributed by atoms with Crippen molar-refractivity contribution >= 4 is 5.69 Å². The smallest absolute Gasteiger partial charge is 0.146 e. The number of nitrogens with zero attached hydrogens (tertiary/aromatic N) is 1. The van der Waals surface area contributed by atoms with Crippen LogP contribution in [0.25, 0.3) is 0 Å². The fourth-order valence-electron chi connectivity index (χ4n) is 2.01. The van der Waals surface area contributed by atoms with E-state index >= 15 is 0 Å². The molecule has 0 aliphatic carbocycles. The van der Waals surface area contributed by atoms with Crippen LogP contribution in [0.15, 0.2) is 18.2 Å². The number of aliphatic hydroxyl groups excluding tert-OH is 3. The Kier molecular flexibility index (Phi) is 3.33. The fraction of sp³-hybridized carbons (Fsp3) is 0.500. The van der Waals surface area contributed by atoms with Crippen LogP contribution in [0.4, 0.5) is 10.1 Å². The first kappa shape index (κ1) is 12.3. The van der Waals surface area contributed by atoms with Crippen LogP contribution < -0.4 is 4.90 Å². The largest absolute Gasteiger partial charge is 0.389 e. The molecule has 0 saturated carbocycles. The summed E-state index contributed by atoms with van der Waals surface area (Å²) in [5, 5.41) is 28.1. The van der Waals surface area contributed by atoms with E-state index in [0.29, 0.717) is 11.3 Å². The molecule has 1 fully saturated rings. The number of rotatable bonds is 2. The normalized spacial score (nSPS) is 26.3. The van der Waals surface area contributed by atoms with Crippen molar-refractivity contribution in [2.45, 2.75) is 25.2 Å². The van der Waals surface area contributed by atoms with Gasteiger partial charge in [0.2, 0.25) is 0 Å². The number of β-amino-alcohol motifs (C(OH)–C–C–N with tert-alkyl or cyclic N) is 2. The Labute approximate surface area is 98.9 Å². The average molecular weight is 241 g/mol. The lowest BCUT2D eigenvalue weighted by Gasteiger charge is -2.19. The maximum absolute atomic E-state index is 13.8. The summed E-state index contributed by atoms with van der Waals surface area (Å²) in [4.78, 5) is 1.59. The van der Waals surface area contributed by atoms with E-state index in [1.807, 2.05) is 0 Å². The highest BCUT2D eigenvalue weighted by Gasteiger charge is 2.30. The lowest BCUT2D eigenvalue weighted by molar-refractivity contribution is 0.0572. The monoisotopic (exact) mass is 241 g/mol. The molecule has 0 amide bonds. The van der Waals surface area contributed by atoms with E-state index < -0.39 is 24.1 Å². The van der Waals surface area contributed by atoms with Gasteiger partial charge < -0.3 is 20.2 Å². The van der Waals surface area contributed by atoms with Crippen LogP contribution in [0.2, 0.25) is 0 Å². The number of benzene rings is 1. The number of hydrogen-bond acceptors (Lipinski definition) is 4. The van der Waals surface area contributed by atoms with E-state index in [9.17, 15) is 19.7 Å². The zero-order valence-electron chi connectivity index (χ0n) is 9.55. The molecular weight excluding hydrogens is 225 g/mol. The third-order valence-corrected chi connectivity index (χ3v) is 3.05. The van der Waals surface area contributed by atoms with Gasteiger partial charge in [0, 0.05) is 13.1 Å². The molecule has 1 saturated heterocycles. The Bertz CT molecular complexity index is 401. The van der Waals surface area contributed by atoms with Gasteiger partial charge in [0.05, 0.1) is 24.0 Å². The Morgan fingerprint density at radius 1 is 1.29 bits per heavy atom. The predicted molar refractivity (Wildman–Crippen MR) is 61.3 cm³/mol. The molecular formula is C12H16FNO3. The van der Waals surface area contributed by atoms with Crippen LogP contribution in [-0.2, 0) is 0 Å². The second kappa shape index (κ2) is 4.60. The molecule has 2 unspecified atom stereocenters. The van der Waals surface area contributed by atoms with Crippen molar-refractivity contribution in [3.63, 3.8) is 0 Å². The molecule has 2 rings (SSSR count). The molecule has 0 spiro atoms. The van der Waals surface area contributed by atoms with Crippen LogP contribution in [0, 0.1) is 5.82 Å². The maximum atomic E-state index is 13.8. The van der Waals surface area contributed by atoms with Gasteiger partial charge in [-0.2, -0.15) is 0 Å². The van der Waals surface area contributed by atoms with Gasteiger partial charge in [-0.3, -0.25) is 0 Å². The van der Waals surface area contributed by atoms with E-state index in [2.05, 4.69) is 0 Å². The minimum atomic E-state index is -0.842. The van der Waals surface area contributed by atoms with Crippen LogP contribution in [-0.4, -0.2) is 40.6 Å². The predicted octanol–water partition coefficient (Wildman–Crippen LogP) is 0.421. The molecule has 0 bridgehead atoms. The van der Waals surface area contributed by atoms with Gasteiger partial charge in [0.15, 0.2) is 0 Å². The lowest BCUT2D eigenvalue weighted by Crippen LogP contribution is -2.22. The van der Waals surface area contributed by atoms with Crippen molar-refractivity contribution in [3.8, 4) is 0 Å². The summed E-state index contributed by atoms with van der Waals surface area (Å²) in [6, 6.07) is 4.47. The van der Waals surface area contributed by atoms with Gasteiger partial charge >= 0.3 is 0 Å². The van der Waals surface area contributed by atoms with E-state index in [1.165, 1.54) is 6.07 Å². The summed E-state index contributed by atoms with van der Waals surface area (Å²) >= 11 is 0. The molecule has 4 nitrogen and oxygen atoms in total. The van der Waals surface area contributed by atoms with Crippen molar-refractivity contribution in [3.05, 3.63) is 29.6 Å². The lowest BCUT2D eigenvalue weighted by atomic mass is 10.1. The van der Waals surface area contributed by atoms with Gasteiger partial charge in [-0.25, -0.2) is 4.39 Å². The molecule has 0 radical (unpaired) electrons. The van der Waals surface area contributed by atoms with Crippen LogP contribution >= 0.6 is 0 Å². The van der Waals surface area contributed by atoms with Crippen molar-refractivity contribution in [1.82, 2.24) is 0 Å². The number of halogens is 1. The first-order valence-electron chi connectivity index (χ1n) is 5.57. The molecule has 1 aliphatic rings. The minimum absolute atomic E-state index is 0.214. The zero-order valence-corrected chi connectivity index (χ0v) is 9.55. The highest BCUT2D eigenvalue weighted by molar-refractivity contribution is 5.50. The Hall–Kier alpha value is -1.17. The summed E-state index contributed by atoms with van der Waals surface area (Å²) in [7, 11) is 0. The standard InChI is InChI=1S/C12H16FNO3/c1-7(15)8-2-3-10(9(13)4-8)14-5-11(16)12(17)6-14/h2-4,7,11-12,15-17H,5-6H2,1H3/t7-,11?,12?/m0/s1. The Morgan fingerprint density at radius 2 is 1.88 bits per heavy atom. The fourth-order valence-corrected chi connectivity index (χ4v) is 2.01. The summed E-state index contributed by atoms with van der Waals surface area (Å²) in [6.45, 7) is 2.00. The minimum Gasteiger partial charge on any atom is -0.389 e. The number of hydrogen-bond donors (Lipinski definition) is 3. The van der Waals surface area contributed by atoms with Crippen LogP contribution in [0.1, 0.15) is 18.6 Å². The summed E-state index contributed by atoms with van der Waals surface area (Å²) in [5.74, 6) is -0.454. The quantitative estimate of drug-likeness (QED) is 0.702. The summed E-state index contributed by atoms with van der Waals surface area (Å²) in [5.41, 5.74) is 0.844. The molecule has 3 atom stereocenters. The molecule has 94 valence electrons. The van der Waals surface area contributed by atoms with Gasteiger partial charge in [-0.05, 0) is 24.6 Å². The van der Waals surface area contributed by atoms with E-state index in [4.69, 9.17) is 0 Å². The maximum Gasteiger partial charge on any atom is 0.146 e. The molecule has 1 aromatic rings. The van der Waals surface area contributed by atoms with E-state index in [1.54, 1.807) is 24.0 Å². The second-order valence-electron chi connectivity index (χ2n) is 4.43. The first-order valence-corrected chi connectivity index (χ1v) is 5.57. The van der Waals surface area contributed by atoms with E-state index in [0.717, 1.165) is 0 Å². The zero-order chi connectivity index (χ0) is 12.6. The molecule has 5 heteroatoms. The van der Waals surface area contributed by atoms with Crippen molar-refractivity contribution in [2.75, 3.05) is 18.0 Å². The first-order chi connectivity index (χ1) is 7.99. The van der Waals surface area contributed by atoms with Gasteiger partial charge in [0.25, 0.3) is 0 Å². The molecule has 1 heterocycles. The molecule has 17 heavy (non-hydrogen) atoms. The third-order valence-electron chi connectivity index (χ3n) is 3.05.